The minimum atomic E-state index is -0.940. The maximum atomic E-state index is 11.7. The lowest BCUT2D eigenvalue weighted by Crippen LogP contribution is -2.44. The van der Waals surface area contributed by atoms with Crippen molar-refractivity contribution in [3.63, 3.8) is 0 Å². The van der Waals surface area contributed by atoms with Crippen molar-refractivity contribution in [1.82, 2.24) is 5.32 Å². The first-order valence-corrected chi connectivity index (χ1v) is 6.70. The van der Waals surface area contributed by atoms with E-state index in [9.17, 15) is 9.59 Å². The summed E-state index contributed by atoms with van der Waals surface area (Å²) >= 11 is 1.62. The Hall–Kier alpha value is -0.710. The molecule has 0 aromatic carbocycles. The van der Waals surface area contributed by atoms with Gasteiger partial charge in [-0.3, -0.25) is 4.79 Å². The lowest BCUT2D eigenvalue weighted by molar-refractivity contribution is -0.142. The fourth-order valence-electron chi connectivity index (χ4n) is 1.74. The molecule has 2 N–H and O–H groups in total. The van der Waals surface area contributed by atoms with Crippen molar-refractivity contribution in [1.29, 1.82) is 0 Å². The summed E-state index contributed by atoms with van der Waals surface area (Å²) in [6, 6.07) is -0.742. The van der Waals surface area contributed by atoms with E-state index in [1.807, 2.05) is 13.8 Å². The molecule has 1 heterocycles. The first kappa shape index (κ1) is 13.4. The summed E-state index contributed by atoms with van der Waals surface area (Å²) in [7, 11) is 0. The van der Waals surface area contributed by atoms with Crippen LogP contribution in [0, 0.1) is 5.92 Å². The first-order chi connectivity index (χ1) is 7.50. The molecule has 5 heteroatoms. The van der Waals surface area contributed by atoms with Crippen molar-refractivity contribution in [3.8, 4) is 0 Å². The van der Waals surface area contributed by atoms with Crippen LogP contribution >= 0.6 is 11.8 Å². The van der Waals surface area contributed by atoms with Gasteiger partial charge in [0.25, 0.3) is 0 Å². The van der Waals surface area contributed by atoms with E-state index in [1.165, 1.54) is 0 Å². The number of nitrogens with one attached hydrogen (secondary N) is 1. The minimum absolute atomic E-state index is 0.0472. The van der Waals surface area contributed by atoms with Gasteiger partial charge in [0.2, 0.25) is 5.91 Å². The number of carbonyl (C=O) groups is 2. The SMILES string of the molecule is CC(C)C[C@@H](NC(=O)C1CCCS1)C(=O)O. The standard InChI is InChI=1S/C11H19NO3S/c1-7(2)6-8(11(14)15)12-10(13)9-4-3-5-16-9/h7-9H,3-6H2,1-2H3,(H,12,13)(H,14,15)/t8-,9?/m1/s1. The predicted octanol–water partition coefficient (Wildman–Crippen LogP) is 1.50. The van der Waals surface area contributed by atoms with Gasteiger partial charge in [0.1, 0.15) is 6.04 Å². The molecule has 1 rings (SSSR count). The summed E-state index contributed by atoms with van der Waals surface area (Å²) < 4.78 is 0. The fraction of sp³-hybridized carbons (Fsp3) is 0.818. The van der Waals surface area contributed by atoms with Crippen LogP contribution < -0.4 is 5.32 Å². The van der Waals surface area contributed by atoms with Crippen molar-refractivity contribution in [2.24, 2.45) is 5.92 Å². The summed E-state index contributed by atoms with van der Waals surface area (Å²) in [6.45, 7) is 3.90. The molecular formula is C11H19NO3S. The van der Waals surface area contributed by atoms with Gasteiger partial charge in [-0.15, -0.1) is 11.8 Å². The predicted molar refractivity (Wildman–Crippen MR) is 64.5 cm³/mol. The van der Waals surface area contributed by atoms with Crippen molar-refractivity contribution >= 4 is 23.6 Å². The Morgan fingerprint density at radius 1 is 1.50 bits per heavy atom. The lowest BCUT2D eigenvalue weighted by atomic mass is 10.0. The number of carboxylic acid groups (broad SMARTS) is 1. The maximum Gasteiger partial charge on any atom is 0.326 e. The molecule has 0 spiro atoms. The molecule has 16 heavy (non-hydrogen) atoms. The third-order valence-corrected chi connectivity index (χ3v) is 3.92. The van der Waals surface area contributed by atoms with E-state index in [2.05, 4.69) is 5.32 Å². The third-order valence-electron chi connectivity index (χ3n) is 2.54. The molecule has 1 fully saturated rings. The van der Waals surface area contributed by atoms with Crippen LogP contribution in [0.15, 0.2) is 0 Å². The molecule has 0 saturated carbocycles. The van der Waals surface area contributed by atoms with Crippen LogP contribution in [0.25, 0.3) is 0 Å². The van der Waals surface area contributed by atoms with Crippen molar-refractivity contribution in [2.45, 2.75) is 44.4 Å². The van der Waals surface area contributed by atoms with Crippen LogP contribution in [0.1, 0.15) is 33.1 Å². The smallest absolute Gasteiger partial charge is 0.326 e. The van der Waals surface area contributed by atoms with E-state index in [1.54, 1.807) is 11.8 Å². The van der Waals surface area contributed by atoms with Gasteiger partial charge in [-0.05, 0) is 30.9 Å². The highest BCUT2D eigenvalue weighted by atomic mass is 32.2. The first-order valence-electron chi connectivity index (χ1n) is 5.65. The summed E-state index contributed by atoms with van der Waals surface area (Å²) in [5.41, 5.74) is 0. The fourth-order valence-corrected chi connectivity index (χ4v) is 2.91. The number of carbonyl (C=O) groups excluding carboxylic acids is 1. The highest BCUT2D eigenvalue weighted by molar-refractivity contribution is 8.00. The largest absolute Gasteiger partial charge is 0.480 e. The van der Waals surface area contributed by atoms with Gasteiger partial charge in [0, 0.05) is 0 Å². The van der Waals surface area contributed by atoms with Crippen LogP contribution in [0.5, 0.6) is 0 Å². The second-order valence-corrected chi connectivity index (χ2v) is 5.84. The minimum Gasteiger partial charge on any atom is -0.480 e. The molecule has 1 aliphatic rings. The molecule has 92 valence electrons. The molecular weight excluding hydrogens is 226 g/mol. The second kappa shape index (κ2) is 6.13. The van der Waals surface area contributed by atoms with E-state index >= 15 is 0 Å². The number of amides is 1. The Balaban J connectivity index is 2.47. The summed E-state index contributed by atoms with van der Waals surface area (Å²) in [4.78, 5) is 22.7. The Kier molecular flexibility index (Phi) is 5.12. The molecule has 0 aliphatic carbocycles. The Morgan fingerprint density at radius 3 is 2.62 bits per heavy atom. The number of hydrogen-bond acceptors (Lipinski definition) is 3. The highest BCUT2D eigenvalue weighted by Crippen LogP contribution is 2.26. The van der Waals surface area contributed by atoms with E-state index < -0.39 is 12.0 Å². The zero-order chi connectivity index (χ0) is 12.1. The topological polar surface area (TPSA) is 66.4 Å². The van der Waals surface area contributed by atoms with Gasteiger partial charge < -0.3 is 10.4 Å². The van der Waals surface area contributed by atoms with Crippen LogP contribution in [-0.4, -0.2) is 34.0 Å². The van der Waals surface area contributed by atoms with E-state index in [0.29, 0.717) is 6.42 Å². The second-order valence-electron chi connectivity index (χ2n) is 4.53. The number of aliphatic carboxylic acids is 1. The van der Waals surface area contributed by atoms with Crippen LogP contribution in [0.4, 0.5) is 0 Å². The van der Waals surface area contributed by atoms with Gasteiger partial charge in [0.15, 0.2) is 0 Å². The molecule has 0 bridgehead atoms. The van der Waals surface area contributed by atoms with Gasteiger partial charge in [-0.1, -0.05) is 13.8 Å². The summed E-state index contributed by atoms with van der Waals surface area (Å²) in [6.07, 6.45) is 2.40. The van der Waals surface area contributed by atoms with Crippen molar-refractivity contribution < 1.29 is 14.7 Å². The monoisotopic (exact) mass is 245 g/mol. The van der Waals surface area contributed by atoms with E-state index in [4.69, 9.17) is 5.11 Å². The number of thioether (sulfide) groups is 1. The molecule has 0 aromatic heterocycles. The van der Waals surface area contributed by atoms with E-state index in [-0.39, 0.29) is 17.1 Å². The number of carboxylic acids is 1. The molecule has 2 atom stereocenters. The van der Waals surface area contributed by atoms with Crippen molar-refractivity contribution in [2.75, 3.05) is 5.75 Å². The zero-order valence-corrected chi connectivity index (χ0v) is 10.5. The molecule has 1 saturated heterocycles. The molecule has 1 amide bonds. The third kappa shape index (κ3) is 4.04. The summed E-state index contributed by atoms with van der Waals surface area (Å²) in [5, 5.41) is 11.6. The van der Waals surface area contributed by atoms with E-state index in [0.717, 1.165) is 18.6 Å². The molecule has 4 nitrogen and oxygen atoms in total. The molecule has 0 radical (unpaired) electrons. The quantitative estimate of drug-likeness (QED) is 0.770. The van der Waals surface area contributed by atoms with Gasteiger partial charge in [-0.2, -0.15) is 0 Å². The molecule has 0 aromatic rings. The average Bonchev–Trinajstić information content (AvgIpc) is 2.68. The summed E-state index contributed by atoms with van der Waals surface area (Å²) in [5.74, 6) is 0.207. The Labute approximate surface area is 100 Å². The normalized spacial score (nSPS) is 22.1. The molecule has 1 aliphatic heterocycles. The van der Waals surface area contributed by atoms with Gasteiger partial charge in [0.05, 0.1) is 5.25 Å². The maximum absolute atomic E-state index is 11.7. The zero-order valence-electron chi connectivity index (χ0n) is 9.73. The lowest BCUT2D eigenvalue weighted by Gasteiger charge is -2.18. The van der Waals surface area contributed by atoms with Crippen LogP contribution in [-0.2, 0) is 9.59 Å². The Bertz CT molecular complexity index is 262. The van der Waals surface area contributed by atoms with Gasteiger partial charge >= 0.3 is 5.97 Å². The van der Waals surface area contributed by atoms with Gasteiger partial charge in [-0.25, -0.2) is 4.79 Å². The molecule has 1 unspecified atom stereocenters. The number of rotatable bonds is 5. The van der Waals surface area contributed by atoms with Crippen molar-refractivity contribution in [3.05, 3.63) is 0 Å². The Morgan fingerprint density at radius 2 is 2.19 bits per heavy atom. The van der Waals surface area contributed by atoms with Crippen LogP contribution in [0.3, 0.4) is 0 Å². The number of hydrogen-bond donors (Lipinski definition) is 2. The van der Waals surface area contributed by atoms with Crippen LogP contribution in [0.2, 0.25) is 0 Å². The average molecular weight is 245 g/mol. The highest BCUT2D eigenvalue weighted by Gasteiger charge is 2.28.